The molecule has 0 fully saturated rings. The molecule has 2 aromatic rings. The maximum absolute atomic E-state index is 12.0. The zero-order valence-corrected chi connectivity index (χ0v) is 10.6. The number of nitrogens with one attached hydrogen (secondary N) is 1. The normalized spacial score (nSPS) is 10.0. The summed E-state index contributed by atoms with van der Waals surface area (Å²) in [5.74, 6) is 0.354. The minimum absolute atomic E-state index is 0.230. The van der Waals surface area contributed by atoms with Gasteiger partial charge in [0.25, 0.3) is 5.91 Å². The Labute approximate surface area is 111 Å². The Morgan fingerprint density at radius 3 is 2.89 bits per heavy atom. The Morgan fingerprint density at radius 1 is 1.42 bits per heavy atom. The molecule has 0 unspecified atom stereocenters. The lowest BCUT2D eigenvalue weighted by atomic mass is 10.2. The third-order valence-corrected chi connectivity index (χ3v) is 2.67. The van der Waals surface area contributed by atoms with E-state index in [1.807, 2.05) is 6.07 Å². The van der Waals surface area contributed by atoms with Gasteiger partial charge in [0.2, 0.25) is 0 Å². The number of nitrogens with two attached hydrogens (primary N) is 1. The molecule has 0 spiro atoms. The van der Waals surface area contributed by atoms with E-state index >= 15 is 0 Å². The number of rotatable bonds is 4. The summed E-state index contributed by atoms with van der Waals surface area (Å²) in [6, 6.07) is 8.84. The average molecular weight is 257 g/mol. The summed E-state index contributed by atoms with van der Waals surface area (Å²) in [6.07, 6.45) is 3.13. The fraction of sp³-hybridized carbons (Fsp3) is 0.143. The van der Waals surface area contributed by atoms with Crippen molar-refractivity contribution in [3.8, 4) is 5.75 Å². The van der Waals surface area contributed by atoms with E-state index in [2.05, 4.69) is 10.3 Å². The smallest absolute Gasteiger partial charge is 0.257 e. The van der Waals surface area contributed by atoms with Crippen molar-refractivity contribution in [2.45, 2.75) is 6.54 Å². The van der Waals surface area contributed by atoms with Crippen molar-refractivity contribution in [1.29, 1.82) is 0 Å². The van der Waals surface area contributed by atoms with E-state index in [1.54, 1.807) is 37.6 Å². The van der Waals surface area contributed by atoms with Gasteiger partial charge in [-0.25, -0.2) is 0 Å². The molecule has 0 aliphatic rings. The maximum atomic E-state index is 12.0. The molecule has 5 nitrogen and oxygen atoms in total. The number of amides is 1. The van der Waals surface area contributed by atoms with Gasteiger partial charge in [0.1, 0.15) is 5.75 Å². The van der Waals surface area contributed by atoms with Crippen LogP contribution in [0, 0.1) is 0 Å². The van der Waals surface area contributed by atoms with E-state index in [-0.39, 0.29) is 5.91 Å². The van der Waals surface area contributed by atoms with Gasteiger partial charge in [0, 0.05) is 18.9 Å². The Kier molecular flexibility index (Phi) is 4.10. The van der Waals surface area contributed by atoms with Crippen molar-refractivity contribution in [1.82, 2.24) is 4.98 Å². The second-order valence-electron chi connectivity index (χ2n) is 3.93. The van der Waals surface area contributed by atoms with E-state index in [9.17, 15) is 4.79 Å². The first-order valence-corrected chi connectivity index (χ1v) is 5.83. The van der Waals surface area contributed by atoms with Gasteiger partial charge in [0.05, 0.1) is 18.4 Å². The monoisotopic (exact) mass is 257 g/mol. The van der Waals surface area contributed by atoms with Crippen LogP contribution < -0.4 is 15.8 Å². The van der Waals surface area contributed by atoms with E-state index < -0.39 is 0 Å². The predicted molar refractivity (Wildman–Crippen MR) is 73.1 cm³/mol. The van der Waals surface area contributed by atoms with Crippen LogP contribution in [0.5, 0.6) is 5.75 Å². The molecule has 0 aliphatic carbocycles. The molecular formula is C14H15N3O2. The molecule has 1 aromatic carbocycles. The Bertz CT molecular complexity index is 570. The third-order valence-electron chi connectivity index (χ3n) is 2.67. The number of hydrogen-bond donors (Lipinski definition) is 2. The van der Waals surface area contributed by atoms with Gasteiger partial charge in [-0.15, -0.1) is 0 Å². The number of benzene rings is 1. The topological polar surface area (TPSA) is 77.2 Å². The van der Waals surface area contributed by atoms with E-state index in [0.717, 1.165) is 5.56 Å². The molecule has 0 saturated carbocycles. The molecule has 0 radical (unpaired) electrons. The largest absolute Gasteiger partial charge is 0.495 e. The highest BCUT2D eigenvalue weighted by Gasteiger charge is 2.10. The lowest BCUT2D eigenvalue weighted by molar-refractivity contribution is 0.102. The van der Waals surface area contributed by atoms with Crippen LogP contribution in [0.15, 0.2) is 42.7 Å². The van der Waals surface area contributed by atoms with Crippen molar-refractivity contribution in [3.05, 3.63) is 53.9 Å². The van der Waals surface area contributed by atoms with Crippen molar-refractivity contribution in [3.63, 3.8) is 0 Å². The third kappa shape index (κ3) is 3.08. The molecule has 98 valence electrons. The van der Waals surface area contributed by atoms with Crippen LogP contribution in [-0.4, -0.2) is 18.0 Å². The number of nitrogens with zero attached hydrogens (tertiary/aromatic N) is 1. The van der Waals surface area contributed by atoms with Gasteiger partial charge >= 0.3 is 0 Å². The van der Waals surface area contributed by atoms with Crippen LogP contribution in [0.4, 0.5) is 5.69 Å². The molecule has 1 heterocycles. The highest BCUT2D eigenvalue weighted by molar-refractivity contribution is 6.04. The lowest BCUT2D eigenvalue weighted by Crippen LogP contribution is -2.13. The van der Waals surface area contributed by atoms with Gasteiger partial charge in [-0.2, -0.15) is 0 Å². The summed E-state index contributed by atoms with van der Waals surface area (Å²) < 4.78 is 5.24. The Morgan fingerprint density at radius 2 is 2.26 bits per heavy atom. The quantitative estimate of drug-likeness (QED) is 0.875. The molecule has 0 aliphatic heterocycles. The van der Waals surface area contributed by atoms with Gasteiger partial charge < -0.3 is 15.8 Å². The van der Waals surface area contributed by atoms with Crippen molar-refractivity contribution in [2.75, 3.05) is 12.4 Å². The first-order chi connectivity index (χ1) is 9.24. The number of aromatic nitrogens is 1. The zero-order valence-electron chi connectivity index (χ0n) is 10.6. The van der Waals surface area contributed by atoms with Gasteiger partial charge in [-0.05, 0) is 29.8 Å². The van der Waals surface area contributed by atoms with Crippen molar-refractivity contribution >= 4 is 11.6 Å². The van der Waals surface area contributed by atoms with Gasteiger partial charge in [-0.3, -0.25) is 9.78 Å². The molecule has 0 atom stereocenters. The minimum atomic E-state index is -0.230. The number of pyridine rings is 1. The summed E-state index contributed by atoms with van der Waals surface area (Å²) in [5.41, 5.74) is 7.60. The number of carbonyl (C=O) groups excluding carboxylic acids is 1. The summed E-state index contributed by atoms with van der Waals surface area (Å²) in [4.78, 5) is 15.9. The van der Waals surface area contributed by atoms with E-state index in [0.29, 0.717) is 23.5 Å². The molecule has 0 saturated heterocycles. The molecule has 2 rings (SSSR count). The van der Waals surface area contributed by atoms with Gasteiger partial charge in [0.15, 0.2) is 0 Å². The first-order valence-electron chi connectivity index (χ1n) is 5.83. The van der Waals surface area contributed by atoms with E-state index in [4.69, 9.17) is 10.5 Å². The van der Waals surface area contributed by atoms with Gasteiger partial charge in [-0.1, -0.05) is 6.07 Å². The van der Waals surface area contributed by atoms with Crippen LogP contribution in [0.25, 0.3) is 0 Å². The SMILES string of the molecule is COc1cc(CN)ccc1NC(=O)c1cccnc1. The Balaban J connectivity index is 2.21. The van der Waals surface area contributed by atoms with Crippen molar-refractivity contribution in [2.24, 2.45) is 5.73 Å². The lowest BCUT2D eigenvalue weighted by Gasteiger charge is -2.11. The Hall–Kier alpha value is -2.40. The fourth-order valence-electron chi connectivity index (χ4n) is 1.66. The molecule has 19 heavy (non-hydrogen) atoms. The molecule has 1 amide bonds. The highest BCUT2D eigenvalue weighted by atomic mass is 16.5. The number of ether oxygens (including phenoxy) is 1. The number of carbonyl (C=O) groups is 1. The van der Waals surface area contributed by atoms with Crippen LogP contribution in [0.3, 0.4) is 0 Å². The number of anilines is 1. The summed E-state index contributed by atoms with van der Waals surface area (Å²) in [6.45, 7) is 0.424. The van der Waals surface area contributed by atoms with Crippen LogP contribution in [-0.2, 0) is 6.54 Å². The summed E-state index contributed by atoms with van der Waals surface area (Å²) >= 11 is 0. The maximum Gasteiger partial charge on any atom is 0.257 e. The number of hydrogen-bond acceptors (Lipinski definition) is 4. The standard InChI is InChI=1S/C14H15N3O2/c1-19-13-7-10(8-15)4-5-12(13)17-14(18)11-3-2-6-16-9-11/h2-7,9H,8,15H2,1H3,(H,17,18). The zero-order chi connectivity index (χ0) is 13.7. The second-order valence-corrected chi connectivity index (χ2v) is 3.93. The molecule has 1 aromatic heterocycles. The molecule has 0 bridgehead atoms. The molecule has 3 N–H and O–H groups in total. The highest BCUT2D eigenvalue weighted by Crippen LogP contribution is 2.25. The summed E-state index contributed by atoms with van der Waals surface area (Å²) in [7, 11) is 1.55. The fourth-order valence-corrected chi connectivity index (χ4v) is 1.66. The second kappa shape index (κ2) is 5.97. The van der Waals surface area contributed by atoms with Crippen LogP contribution in [0.2, 0.25) is 0 Å². The van der Waals surface area contributed by atoms with Crippen LogP contribution in [0.1, 0.15) is 15.9 Å². The van der Waals surface area contributed by atoms with E-state index in [1.165, 1.54) is 6.20 Å². The minimum Gasteiger partial charge on any atom is -0.495 e. The van der Waals surface area contributed by atoms with Crippen molar-refractivity contribution < 1.29 is 9.53 Å². The summed E-state index contributed by atoms with van der Waals surface area (Å²) in [5, 5.41) is 2.78. The number of methoxy groups -OCH3 is 1. The molecule has 5 heteroatoms. The van der Waals surface area contributed by atoms with Crippen LogP contribution >= 0.6 is 0 Å². The first kappa shape index (κ1) is 13.0. The molecular weight excluding hydrogens is 242 g/mol. The predicted octanol–water partition coefficient (Wildman–Crippen LogP) is 1.80. The average Bonchev–Trinajstić information content (AvgIpc) is 2.48.